The molecular weight excluding hydrogens is 292 g/mol. The van der Waals surface area contributed by atoms with Crippen LogP contribution in [0.2, 0.25) is 0 Å². The van der Waals surface area contributed by atoms with Crippen LogP contribution in [-0.2, 0) is 23.7 Å². The van der Waals surface area contributed by atoms with Gasteiger partial charge in [-0.2, -0.15) is 5.26 Å². The zero-order valence-corrected chi connectivity index (χ0v) is 13.3. The molecule has 0 spiro atoms. The van der Waals surface area contributed by atoms with Crippen LogP contribution in [0.25, 0.3) is 0 Å². The molecule has 0 heterocycles. The fourth-order valence-corrected chi connectivity index (χ4v) is 1.81. The van der Waals surface area contributed by atoms with E-state index in [1.54, 1.807) is 14.2 Å². The van der Waals surface area contributed by atoms with Crippen LogP contribution in [0.5, 0.6) is 0 Å². The van der Waals surface area contributed by atoms with Crippen LogP contribution in [0.4, 0.5) is 0 Å². The lowest BCUT2D eigenvalue weighted by Crippen LogP contribution is -2.38. The molecule has 0 aromatic rings. The summed E-state index contributed by atoms with van der Waals surface area (Å²) in [5.74, 6) is -1.47. The van der Waals surface area contributed by atoms with E-state index in [-0.39, 0.29) is 20.0 Å². The van der Waals surface area contributed by atoms with Crippen molar-refractivity contribution in [2.75, 3.05) is 60.7 Å². The van der Waals surface area contributed by atoms with Crippen LogP contribution in [-0.4, -0.2) is 76.6 Å². The number of ether oxygens (including phenoxy) is 4. The highest BCUT2D eigenvalue weighted by molar-refractivity contribution is 5.70. The Balaban J connectivity index is 4.32. The standard InChI is InChI=1S/C14H26N2O6/c1-19-11-21-8-6-16(7-9-22-12-20-2)10-13(14(17)18)4-3-5-15/h13H,3-4,6-12H2,1-2H3,(H,17,18). The van der Waals surface area contributed by atoms with Crippen molar-refractivity contribution in [3.8, 4) is 6.07 Å². The van der Waals surface area contributed by atoms with Gasteiger partial charge in [0.2, 0.25) is 0 Å². The number of carbonyl (C=O) groups is 1. The average molecular weight is 318 g/mol. The minimum atomic E-state index is -0.893. The second kappa shape index (κ2) is 14.7. The van der Waals surface area contributed by atoms with E-state index in [9.17, 15) is 9.90 Å². The lowest BCUT2D eigenvalue weighted by molar-refractivity contribution is -0.143. The number of nitriles is 1. The molecule has 1 N–H and O–H groups in total. The normalized spacial score (nSPS) is 12.3. The van der Waals surface area contributed by atoms with Crippen molar-refractivity contribution in [3.63, 3.8) is 0 Å². The number of hydrogen-bond acceptors (Lipinski definition) is 7. The lowest BCUT2D eigenvalue weighted by Gasteiger charge is -2.25. The number of carboxylic acid groups (broad SMARTS) is 1. The van der Waals surface area contributed by atoms with Crippen LogP contribution in [0.1, 0.15) is 12.8 Å². The average Bonchev–Trinajstić information content (AvgIpc) is 2.50. The van der Waals surface area contributed by atoms with Crippen molar-refractivity contribution >= 4 is 5.97 Å². The Morgan fingerprint density at radius 1 is 1.18 bits per heavy atom. The first kappa shape index (κ1) is 20.8. The Morgan fingerprint density at radius 3 is 2.14 bits per heavy atom. The second-order valence-corrected chi connectivity index (χ2v) is 4.66. The second-order valence-electron chi connectivity index (χ2n) is 4.66. The Morgan fingerprint density at radius 2 is 1.73 bits per heavy atom. The van der Waals surface area contributed by atoms with Crippen molar-refractivity contribution in [3.05, 3.63) is 0 Å². The molecule has 1 unspecified atom stereocenters. The predicted molar refractivity (Wildman–Crippen MR) is 78.1 cm³/mol. The molecule has 8 heteroatoms. The summed E-state index contributed by atoms with van der Waals surface area (Å²) < 4.78 is 20.1. The molecule has 0 aromatic heterocycles. The molecule has 1 atom stereocenters. The fourth-order valence-electron chi connectivity index (χ4n) is 1.81. The Kier molecular flexibility index (Phi) is 13.9. The quantitative estimate of drug-likeness (QED) is 0.345. The van der Waals surface area contributed by atoms with Gasteiger partial charge >= 0.3 is 5.97 Å². The van der Waals surface area contributed by atoms with Crippen LogP contribution >= 0.6 is 0 Å². The summed E-state index contributed by atoms with van der Waals surface area (Å²) in [7, 11) is 3.08. The zero-order valence-electron chi connectivity index (χ0n) is 13.3. The van der Waals surface area contributed by atoms with Crippen molar-refractivity contribution < 1.29 is 28.8 Å². The van der Waals surface area contributed by atoms with Gasteiger partial charge < -0.3 is 24.1 Å². The molecule has 128 valence electrons. The molecule has 22 heavy (non-hydrogen) atoms. The van der Waals surface area contributed by atoms with Crippen molar-refractivity contribution in [2.45, 2.75) is 12.8 Å². The molecule has 0 aliphatic carbocycles. The third kappa shape index (κ3) is 11.4. The van der Waals surface area contributed by atoms with Crippen molar-refractivity contribution in [1.29, 1.82) is 5.26 Å². The summed E-state index contributed by atoms with van der Waals surface area (Å²) in [6.07, 6.45) is 0.561. The number of nitrogens with zero attached hydrogens (tertiary/aromatic N) is 2. The van der Waals surface area contributed by atoms with Gasteiger partial charge in [-0.15, -0.1) is 0 Å². The van der Waals surface area contributed by atoms with Gasteiger partial charge in [0, 0.05) is 40.3 Å². The first-order chi connectivity index (χ1) is 10.7. The summed E-state index contributed by atoms with van der Waals surface area (Å²) in [6.45, 7) is 2.75. The number of hydrogen-bond donors (Lipinski definition) is 1. The fraction of sp³-hybridized carbons (Fsp3) is 0.857. The number of carboxylic acids is 1. The van der Waals surface area contributed by atoms with Gasteiger partial charge in [0.15, 0.2) is 0 Å². The maximum Gasteiger partial charge on any atom is 0.307 e. The molecule has 0 aliphatic heterocycles. The minimum absolute atomic E-state index is 0.199. The molecule has 0 saturated carbocycles. The third-order valence-electron chi connectivity index (χ3n) is 2.94. The Hall–Kier alpha value is -1.24. The number of aliphatic carboxylic acids is 1. The van der Waals surface area contributed by atoms with Crippen LogP contribution in [0.3, 0.4) is 0 Å². The van der Waals surface area contributed by atoms with Gasteiger partial charge in [0.25, 0.3) is 0 Å². The summed E-state index contributed by atoms with van der Waals surface area (Å²) in [5.41, 5.74) is 0. The molecule has 8 nitrogen and oxygen atoms in total. The molecule has 0 rings (SSSR count). The van der Waals surface area contributed by atoms with Crippen molar-refractivity contribution in [1.82, 2.24) is 4.90 Å². The largest absolute Gasteiger partial charge is 0.481 e. The van der Waals surface area contributed by atoms with E-state index in [1.165, 1.54) is 0 Å². The molecule has 0 saturated heterocycles. The molecule has 0 fully saturated rings. The maximum atomic E-state index is 11.3. The van der Waals surface area contributed by atoms with Crippen molar-refractivity contribution in [2.24, 2.45) is 5.92 Å². The van der Waals surface area contributed by atoms with Gasteiger partial charge in [-0.05, 0) is 6.42 Å². The Bertz CT molecular complexity index is 309. The number of methoxy groups -OCH3 is 2. The van der Waals surface area contributed by atoms with Gasteiger partial charge in [0.1, 0.15) is 13.6 Å². The van der Waals surface area contributed by atoms with E-state index >= 15 is 0 Å². The summed E-state index contributed by atoms with van der Waals surface area (Å²) in [6, 6.07) is 1.98. The van der Waals surface area contributed by atoms with E-state index < -0.39 is 11.9 Å². The summed E-state index contributed by atoms with van der Waals surface area (Å²) in [4.78, 5) is 13.2. The molecule has 0 radical (unpaired) electrons. The van der Waals surface area contributed by atoms with Gasteiger partial charge in [-0.3, -0.25) is 9.69 Å². The Labute approximate surface area is 131 Å². The monoisotopic (exact) mass is 318 g/mol. The third-order valence-corrected chi connectivity index (χ3v) is 2.94. The topological polar surface area (TPSA) is 101 Å². The van der Waals surface area contributed by atoms with Crippen LogP contribution < -0.4 is 0 Å². The van der Waals surface area contributed by atoms with Gasteiger partial charge in [0.05, 0.1) is 25.2 Å². The highest BCUT2D eigenvalue weighted by atomic mass is 16.7. The van der Waals surface area contributed by atoms with E-state index in [4.69, 9.17) is 24.2 Å². The SMILES string of the molecule is COCOCCN(CCOCOC)CC(CCC#N)C(=O)O. The lowest BCUT2D eigenvalue weighted by atomic mass is 10.0. The first-order valence-corrected chi connectivity index (χ1v) is 7.11. The highest BCUT2D eigenvalue weighted by Gasteiger charge is 2.20. The summed E-state index contributed by atoms with van der Waals surface area (Å²) >= 11 is 0. The van der Waals surface area contributed by atoms with E-state index in [0.717, 1.165) is 0 Å². The predicted octanol–water partition coefficient (Wildman–Crippen LogP) is 0.534. The van der Waals surface area contributed by atoms with E-state index in [1.807, 2.05) is 11.0 Å². The summed E-state index contributed by atoms with van der Waals surface area (Å²) in [5, 5.41) is 17.8. The highest BCUT2D eigenvalue weighted by Crippen LogP contribution is 2.09. The number of rotatable bonds is 15. The zero-order chi connectivity index (χ0) is 16.6. The molecule has 0 amide bonds. The van der Waals surface area contributed by atoms with Gasteiger partial charge in [-0.1, -0.05) is 0 Å². The molecule has 0 bridgehead atoms. The van der Waals surface area contributed by atoms with Gasteiger partial charge in [-0.25, -0.2) is 0 Å². The minimum Gasteiger partial charge on any atom is -0.481 e. The molecule has 0 aliphatic rings. The molecule has 0 aromatic carbocycles. The van der Waals surface area contributed by atoms with Crippen LogP contribution in [0, 0.1) is 17.2 Å². The first-order valence-electron chi connectivity index (χ1n) is 7.11. The van der Waals surface area contributed by atoms with Crippen LogP contribution in [0.15, 0.2) is 0 Å². The maximum absolute atomic E-state index is 11.3. The van der Waals surface area contributed by atoms with E-state index in [0.29, 0.717) is 39.3 Å². The van der Waals surface area contributed by atoms with E-state index in [2.05, 4.69) is 0 Å². The smallest absolute Gasteiger partial charge is 0.307 e. The molecular formula is C14H26N2O6.